The number of carboxylic acids is 1. The topological polar surface area (TPSA) is 109 Å². The van der Waals surface area contributed by atoms with Gasteiger partial charge in [0.1, 0.15) is 0 Å². The highest BCUT2D eigenvalue weighted by Gasteiger charge is 2.09. The summed E-state index contributed by atoms with van der Waals surface area (Å²) in [6, 6.07) is 20.6. The van der Waals surface area contributed by atoms with Crippen LogP contribution in [0.1, 0.15) is 15.9 Å². The summed E-state index contributed by atoms with van der Waals surface area (Å²) in [4.78, 5) is 23.1. The highest BCUT2D eigenvalue weighted by atomic mass is 16.5. The lowest BCUT2D eigenvalue weighted by Gasteiger charge is -2.11. The number of carboxylic acid groups (broad SMARTS) is 1. The molecule has 31 heavy (non-hydrogen) atoms. The number of carbonyl (C=O) groups excluding carboxylic acids is 1. The van der Waals surface area contributed by atoms with Gasteiger partial charge in [-0.05, 0) is 54.1 Å². The van der Waals surface area contributed by atoms with Gasteiger partial charge in [-0.15, -0.1) is 0 Å². The van der Waals surface area contributed by atoms with E-state index in [-0.39, 0.29) is 18.1 Å². The molecule has 1 amide bonds. The lowest BCUT2D eigenvalue weighted by Crippen LogP contribution is -2.20. The first-order valence-corrected chi connectivity index (χ1v) is 9.33. The fourth-order valence-electron chi connectivity index (χ4n) is 2.65. The Hall–Kier alpha value is -4.33. The van der Waals surface area contributed by atoms with Gasteiger partial charge in [0.15, 0.2) is 18.1 Å². The molecule has 3 aromatic rings. The lowest BCUT2D eigenvalue weighted by molar-refractivity contribution is -0.118. The molecule has 0 heterocycles. The zero-order valence-corrected chi connectivity index (χ0v) is 16.7. The number of para-hydroxylation sites is 1. The third kappa shape index (κ3) is 6.33. The van der Waals surface area contributed by atoms with E-state index in [1.807, 2.05) is 18.2 Å². The molecule has 0 saturated carbocycles. The monoisotopic (exact) mass is 419 g/mol. The molecule has 0 aliphatic carbocycles. The summed E-state index contributed by atoms with van der Waals surface area (Å²) >= 11 is 0. The molecule has 0 aromatic heterocycles. The number of methoxy groups -OCH3 is 1. The fraction of sp³-hybridized carbons (Fsp3) is 0.0870. The van der Waals surface area contributed by atoms with Crippen LogP contribution in [0.4, 0.5) is 11.4 Å². The highest BCUT2D eigenvalue weighted by Crippen LogP contribution is 2.27. The summed E-state index contributed by atoms with van der Waals surface area (Å²) in [5.41, 5.74) is 4.91. The van der Waals surface area contributed by atoms with E-state index in [4.69, 9.17) is 14.6 Å². The number of hydrogen-bond donors (Lipinski definition) is 3. The van der Waals surface area contributed by atoms with Crippen LogP contribution < -0.4 is 20.2 Å². The van der Waals surface area contributed by atoms with Gasteiger partial charge in [0.25, 0.3) is 5.91 Å². The molecule has 3 N–H and O–H groups in total. The first kappa shape index (κ1) is 21.4. The maximum absolute atomic E-state index is 12.1. The van der Waals surface area contributed by atoms with Crippen LogP contribution >= 0.6 is 0 Å². The van der Waals surface area contributed by atoms with Gasteiger partial charge >= 0.3 is 5.97 Å². The van der Waals surface area contributed by atoms with Crippen LogP contribution in [0.25, 0.3) is 0 Å². The van der Waals surface area contributed by atoms with Crippen LogP contribution in [-0.2, 0) is 4.79 Å². The Labute approximate surface area is 179 Å². The van der Waals surface area contributed by atoms with E-state index in [1.165, 1.54) is 19.2 Å². The van der Waals surface area contributed by atoms with Gasteiger partial charge in [-0.25, -0.2) is 4.79 Å². The Morgan fingerprint density at radius 2 is 1.74 bits per heavy atom. The van der Waals surface area contributed by atoms with Gasteiger partial charge in [0.05, 0.1) is 24.6 Å². The summed E-state index contributed by atoms with van der Waals surface area (Å²) in [7, 11) is 1.50. The van der Waals surface area contributed by atoms with Gasteiger partial charge in [-0.2, -0.15) is 5.10 Å². The predicted molar refractivity (Wildman–Crippen MR) is 118 cm³/mol. The molecule has 0 aliphatic rings. The molecule has 0 fully saturated rings. The van der Waals surface area contributed by atoms with Gasteiger partial charge in [0, 0.05) is 5.69 Å². The summed E-state index contributed by atoms with van der Waals surface area (Å²) in [5.74, 6) is -0.425. The number of hydrogen-bond acceptors (Lipinski definition) is 6. The van der Waals surface area contributed by atoms with Crippen molar-refractivity contribution >= 4 is 29.5 Å². The average Bonchev–Trinajstić information content (AvgIpc) is 2.79. The maximum Gasteiger partial charge on any atom is 0.335 e. The molecule has 8 nitrogen and oxygen atoms in total. The summed E-state index contributed by atoms with van der Waals surface area (Å²) in [6.45, 7) is -0.167. The number of amides is 1. The van der Waals surface area contributed by atoms with Crippen molar-refractivity contribution in [3.8, 4) is 11.5 Å². The van der Waals surface area contributed by atoms with E-state index in [2.05, 4.69) is 15.8 Å². The zero-order valence-electron chi connectivity index (χ0n) is 16.7. The Balaban J connectivity index is 1.59. The standard InChI is InChI=1S/C23H21N3O5/c1-30-21-12-16(14-24-26-19-9-5-6-17(13-19)23(28)29)10-11-20(21)31-15-22(27)25-18-7-3-2-4-8-18/h2-14,26H,15H2,1H3,(H,25,27)(H,28,29). The third-order valence-corrected chi connectivity index (χ3v) is 4.12. The molecule has 3 aromatic carbocycles. The van der Waals surface area contributed by atoms with Crippen LogP contribution in [-0.4, -0.2) is 36.9 Å². The number of anilines is 2. The Morgan fingerprint density at radius 3 is 2.48 bits per heavy atom. The normalized spacial score (nSPS) is 10.5. The van der Waals surface area contributed by atoms with Crippen LogP contribution in [0.5, 0.6) is 11.5 Å². The van der Waals surface area contributed by atoms with Crippen molar-refractivity contribution in [2.75, 3.05) is 24.5 Å². The largest absolute Gasteiger partial charge is 0.493 e. The maximum atomic E-state index is 12.1. The van der Waals surface area contributed by atoms with Crippen LogP contribution in [0.2, 0.25) is 0 Å². The summed E-state index contributed by atoms with van der Waals surface area (Å²) in [6.07, 6.45) is 1.56. The Kier molecular flexibility index (Phi) is 7.21. The van der Waals surface area contributed by atoms with Crippen molar-refractivity contribution < 1.29 is 24.2 Å². The minimum absolute atomic E-state index is 0.166. The van der Waals surface area contributed by atoms with E-state index < -0.39 is 5.97 Å². The number of carbonyl (C=O) groups is 2. The molecule has 8 heteroatoms. The second-order valence-corrected chi connectivity index (χ2v) is 6.37. The van der Waals surface area contributed by atoms with E-state index in [9.17, 15) is 9.59 Å². The van der Waals surface area contributed by atoms with E-state index in [0.717, 1.165) is 5.56 Å². The molecule has 0 atom stereocenters. The van der Waals surface area contributed by atoms with E-state index in [0.29, 0.717) is 22.9 Å². The van der Waals surface area contributed by atoms with Gasteiger partial charge in [-0.1, -0.05) is 24.3 Å². The smallest absolute Gasteiger partial charge is 0.335 e. The zero-order chi connectivity index (χ0) is 22.1. The number of rotatable bonds is 9. The molecule has 0 aliphatic heterocycles. The third-order valence-electron chi connectivity index (χ3n) is 4.12. The number of benzene rings is 3. The molecule has 0 bridgehead atoms. The molecule has 0 saturated heterocycles. The van der Waals surface area contributed by atoms with Crippen molar-refractivity contribution in [1.82, 2.24) is 0 Å². The number of ether oxygens (including phenoxy) is 2. The van der Waals surface area contributed by atoms with Crippen LogP contribution in [0.15, 0.2) is 77.9 Å². The van der Waals surface area contributed by atoms with Crippen molar-refractivity contribution in [2.24, 2.45) is 5.10 Å². The molecule has 0 spiro atoms. The van der Waals surface area contributed by atoms with Gasteiger partial charge in [0.2, 0.25) is 0 Å². The summed E-state index contributed by atoms with van der Waals surface area (Å²) < 4.78 is 10.9. The van der Waals surface area contributed by atoms with Crippen molar-refractivity contribution in [3.05, 3.63) is 83.9 Å². The van der Waals surface area contributed by atoms with Gasteiger partial charge < -0.3 is 19.9 Å². The number of hydrazone groups is 1. The lowest BCUT2D eigenvalue weighted by atomic mass is 10.2. The first-order chi connectivity index (χ1) is 15.0. The van der Waals surface area contributed by atoms with E-state index >= 15 is 0 Å². The Bertz CT molecular complexity index is 1080. The summed E-state index contributed by atoms with van der Waals surface area (Å²) in [5, 5.41) is 15.9. The molecule has 3 rings (SSSR count). The fourth-order valence-corrected chi connectivity index (χ4v) is 2.65. The van der Waals surface area contributed by atoms with Crippen LogP contribution in [0.3, 0.4) is 0 Å². The average molecular weight is 419 g/mol. The number of nitrogens with one attached hydrogen (secondary N) is 2. The molecular formula is C23H21N3O5. The quantitative estimate of drug-likeness (QED) is 0.359. The van der Waals surface area contributed by atoms with Crippen LogP contribution in [0, 0.1) is 0 Å². The predicted octanol–water partition coefficient (Wildman–Crippen LogP) is 3.86. The van der Waals surface area contributed by atoms with Crippen molar-refractivity contribution in [3.63, 3.8) is 0 Å². The Morgan fingerprint density at radius 1 is 0.968 bits per heavy atom. The first-order valence-electron chi connectivity index (χ1n) is 9.33. The SMILES string of the molecule is COc1cc(C=NNc2cccc(C(=O)O)c2)ccc1OCC(=O)Nc1ccccc1. The van der Waals surface area contributed by atoms with Crippen molar-refractivity contribution in [1.29, 1.82) is 0 Å². The number of nitrogens with zero attached hydrogens (tertiary/aromatic N) is 1. The second-order valence-electron chi connectivity index (χ2n) is 6.37. The highest BCUT2D eigenvalue weighted by molar-refractivity contribution is 5.92. The minimum Gasteiger partial charge on any atom is -0.493 e. The van der Waals surface area contributed by atoms with E-state index in [1.54, 1.807) is 48.7 Å². The molecule has 158 valence electrons. The van der Waals surface area contributed by atoms with Crippen molar-refractivity contribution in [2.45, 2.75) is 0 Å². The second kappa shape index (κ2) is 10.4. The minimum atomic E-state index is -1.01. The molecule has 0 radical (unpaired) electrons. The number of aromatic carboxylic acids is 1. The molecular weight excluding hydrogens is 398 g/mol. The van der Waals surface area contributed by atoms with Gasteiger partial charge in [-0.3, -0.25) is 10.2 Å². The molecule has 0 unspecified atom stereocenters.